The number of nitrogens with zero attached hydrogens (tertiary/aromatic N) is 1. The van der Waals surface area contributed by atoms with Crippen LogP contribution < -0.4 is 10.6 Å². The fraction of sp³-hybridized carbons (Fsp3) is 0.333. The van der Waals surface area contributed by atoms with Gasteiger partial charge in [0, 0.05) is 19.0 Å². The molecule has 0 saturated heterocycles. The number of sulfonamides is 1. The minimum Gasteiger partial charge on any atom is -0.355 e. The molecule has 1 aromatic carbocycles. The summed E-state index contributed by atoms with van der Waals surface area (Å²) in [6.45, 7) is 1.69. The molecule has 0 spiro atoms. The van der Waals surface area contributed by atoms with Crippen molar-refractivity contribution in [2.24, 2.45) is 0 Å². The molecule has 0 heterocycles. The average molecular weight is 339 g/mol. The molecule has 0 saturated carbocycles. The van der Waals surface area contributed by atoms with E-state index in [9.17, 15) is 18.0 Å². The Morgan fingerprint density at radius 1 is 1.13 bits per heavy atom. The highest BCUT2D eigenvalue weighted by molar-refractivity contribution is 7.92. The largest absolute Gasteiger partial charge is 0.355 e. The normalized spacial score (nSPS) is 11.6. The van der Waals surface area contributed by atoms with Crippen molar-refractivity contribution in [3.8, 4) is 0 Å². The molecule has 7 nitrogen and oxygen atoms in total. The third-order valence-electron chi connectivity index (χ3n) is 2.85. The van der Waals surface area contributed by atoms with Gasteiger partial charge in [-0.15, -0.1) is 0 Å². The maximum Gasteiger partial charge on any atom is 0.239 e. The minimum absolute atomic E-state index is 0.180. The zero-order chi connectivity index (χ0) is 17.3. The van der Waals surface area contributed by atoms with Crippen molar-refractivity contribution in [2.75, 3.05) is 26.7 Å². The van der Waals surface area contributed by atoms with Crippen LogP contribution in [0.3, 0.4) is 0 Å². The van der Waals surface area contributed by atoms with Crippen LogP contribution in [-0.2, 0) is 19.6 Å². The Labute approximate surface area is 136 Å². The molecule has 0 atom stereocenters. The van der Waals surface area contributed by atoms with E-state index in [2.05, 4.69) is 10.6 Å². The van der Waals surface area contributed by atoms with Gasteiger partial charge >= 0.3 is 0 Å². The second-order valence-corrected chi connectivity index (χ2v) is 6.67. The Hall–Kier alpha value is -2.19. The number of hydrogen-bond acceptors (Lipinski definition) is 4. The lowest BCUT2D eigenvalue weighted by atomic mass is 10.2. The smallest absolute Gasteiger partial charge is 0.239 e. The van der Waals surface area contributed by atoms with Crippen LogP contribution in [0.15, 0.2) is 35.7 Å². The van der Waals surface area contributed by atoms with Gasteiger partial charge in [0.1, 0.15) is 0 Å². The van der Waals surface area contributed by atoms with Crippen LogP contribution in [0.25, 0.3) is 6.08 Å². The Kier molecular flexibility index (Phi) is 7.43. The number of hydrogen-bond donors (Lipinski definition) is 2. The molecular formula is C15H21N3O4S. The van der Waals surface area contributed by atoms with Crippen LogP contribution in [-0.4, -0.2) is 51.2 Å². The van der Waals surface area contributed by atoms with Crippen molar-refractivity contribution >= 4 is 27.9 Å². The number of nitrogens with one attached hydrogen (secondary N) is 2. The molecule has 23 heavy (non-hydrogen) atoms. The Balaban J connectivity index is 2.55. The van der Waals surface area contributed by atoms with Gasteiger partial charge in [0.05, 0.1) is 13.1 Å². The highest BCUT2D eigenvalue weighted by atomic mass is 32.2. The number of likely N-dealkylation sites (N-methyl/N-ethyl adjacent to an activating group) is 2. The van der Waals surface area contributed by atoms with E-state index in [1.807, 2.05) is 6.07 Å². The molecule has 0 unspecified atom stereocenters. The number of carbonyl (C=O) groups is 2. The van der Waals surface area contributed by atoms with Crippen LogP contribution in [0.5, 0.6) is 0 Å². The molecular weight excluding hydrogens is 318 g/mol. The summed E-state index contributed by atoms with van der Waals surface area (Å²) in [6, 6.07) is 8.96. The standard InChI is InChI=1S/C15H21N3O4S/c1-3-16-14(19)11-17-15(20)12-18(2)23(21,22)10-9-13-7-5-4-6-8-13/h4-10H,3,11-12H2,1-2H3,(H,16,19)(H,17,20)/b10-9+. The summed E-state index contributed by atoms with van der Waals surface area (Å²) in [5.74, 6) is -0.870. The van der Waals surface area contributed by atoms with E-state index >= 15 is 0 Å². The molecule has 0 radical (unpaired) electrons. The monoisotopic (exact) mass is 339 g/mol. The van der Waals surface area contributed by atoms with Crippen LogP contribution in [0.1, 0.15) is 12.5 Å². The molecule has 8 heteroatoms. The summed E-state index contributed by atoms with van der Waals surface area (Å²) >= 11 is 0. The van der Waals surface area contributed by atoms with Crippen LogP contribution in [0, 0.1) is 0 Å². The summed E-state index contributed by atoms with van der Waals surface area (Å²) in [7, 11) is -2.41. The van der Waals surface area contributed by atoms with Crippen LogP contribution in [0.4, 0.5) is 0 Å². The van der Waals surface area contributed by atoms with Gasteiger partial charge in [0.2, 0.25) is 21.8 Å². The van der Waals surface area contributed by atoms with Gasteiger partial charge in [-0.3, -0.25) is 9.59 Å². The third kappa shape index (κ3) is 7.07. The maximum atomic E-state index is 12.1. The third-order valence-corrected chi connectivity index (χ3v) is 4.33. The van der Waals surface area contributed by atoms with E-state index in [1.54, 1.807) is 31.2 Å². The van der Waals surface area contributed by atoms with E-state index in [1.165, 1.54) is 13.1 Å². The predicted octanol–water partition coefficient (Wildman–Crippen LogP) is 0.171. The van der Waals surface area contributed by atoms with Gasteiger partial charge in [-0.05, 0) is 18.6 Å². The zero-order valence-electron chi connectivity index (χ0n) is 13.2. The zero-order valence-corrected chi connectivity index (χ0v) is 14.0. The molecule has 2 amide bonds. The van der Waals surface area contributed by atoms with Crippen molar-refractivity contribution in [1.82, 2.24) is 14.9 Å². The lowest BCUT2D eigenvalue weighted by molar-refractivity contribution is -0.126. The Morgan fingerprint density at radius 2 is 1.78 bits per heavy atom. The van der Waals surface area contributed by atoms with Gasteiger partial charge in [0.25, 0.3) is 0 Å². The van der Waals surface area contributed by atoms with Gasteiger partial charge in [-0.25, -0.2) is 8.42 Å². The fourth-order valence-electron chi connectivity index (χ4n) is 1.62. The molecule has 0 bridgehead atoms. The average Bonchev–Trinajstić information content (AvgIpc) is 2.52. The van der Waals surface area contributed by atoms with Gasteiger partial charge in [-0.2, -0.15) is 4.31 Å². The van der Waals surface area contributed by atoms with Crippen molar-refractivity contribution < 1.29 is 18.0 Å². The van der Waals surface area contributed by atoms with Gasteiger partial charge < -0.3 is 10.6 Å². The molecule has 0 aliphatic rings. The molecule has 1 aromatic rings. The fourth-order valence-corrected chi connectivity index (χ4v) is 2.45. The van der Waals surface area contributed by atoms with E-state index in [0.717, 1.165) is 15.3 Å². The lowest BCUT2D eigenvalue weighted by Crippen LogP contribution is -2.42. The van der Waals surface area contributed by atoms with Crippen LogP contribution >= 0.6 is 0 Å². The molecule has 1 rings (SSSR count). The van der Waals surface area contributed by atoms with E-state index in [4.69, 9.17) is 0 Å². The number of carbonyl (C=O) groups excluding carboxylic acids is 2. The first-order chi connectivity index (χ1) is 10.8. The topological polar surface area (TPSA) is 95.6 Å². The second kappa shape index (κ2) is 9.06. The highest BCUT2D eigenvalue weighted by Gasteiger charge is 2.17. The van der Waals surface area contributed by atoms with Crippen molar-refractivity contribution in [3.05, 3.63) is 41.3 Å². The van der Waals surface area contributed by atoms with Gasteiger partial charge in [-0.1, -0.05) is 30.3 Å². The van der Waals surface area contributed by atoms with E-state index in [0.29, 0.717) is 6.54 Å². The summed E-state index contributed by atoms with van der Waals surface area (Å²) in [5, 5.41) is 5.93. The first-order valence-corrected chi connectivity index (χ1v) is 8.58. The quantitative estimate of drug-likeness (QED) is 0.706. The number of benzene rings is 1. The molecule has 0 aliphatic carbocycles. The molecule has 2 N–H and O–H groups in total. The maximum absolute atomic E-state index is 12.1. The molecule has 0 fully saturated rings. The number of amides is 2. The van der Waals surface area contributed by atoms with E-state index < -0.39 is 15.9 Å². The first-order valence-electron chi connectivity index (χ1n) is 7.08. The van der Waals surface area contributed by atoms with Crippen molar-refractivity contribution in [3.63, 3.8) is 0 Å². The van der Waals surface area contributed by atoms with Crippen molar-refractivity contribution in [1.29, 1.82) is 0 Å². The predicted molar refractivity (Wildman–Crippen MR) is 88.7 cm³/mol. The second-order valence-electron chi connectivity index (χ2n) is 4.74. The van der Waals surface area contributed by atoms with Crippen LogP contribution in [0.2, 0.25) is 0 Å². The SMILES string of the molecule is CCNC(=O)CNC(=O)CN(C)S(=O)(=O)/C=C/c1ccccc1. The highest BCUT2D eigenvalue weighted by Crippen LogP contribution is 2.06. The molecule has 0 aliphatic heterocycles. The summed E-state index contributed by atoms with van der Waals surface area (Å²) < 4.78 is 25.0. The summed E-state index contributed by atoms with van der Waals surface area (Å²) in [5.41, 5.74) is 0.741. The van der Waals surface area contributed by atoms with E-state index in [-0.39, 0.29) is 19.0 Å². The first kappa shape index (κ1) is 18.9. The Bertz CT molecular complexity index is 657. The van der Waals surface area contributed by atoms with Gasteiger partial charge in [0.15, 0.2) is 0 Å². The molecule has 0 aromatic heterocycles. The Morgan fingerprint density at radius 3 is 2.39 bits per heavy atom. The lowest BCUT2D eigenvalue weighted by Gasteiger charge is -2.14. The molecule has 126 valence electrons. The van der Waals surface area contributed by atoms with Crippen molar-refractivity contribution in [2.45, 2.75) is 6.92 Å². The number of rotatable bonds is 8. The summed E-state index contributed by atoms with van der Waals surface area (Å²) in [4.78, 5) is 22.9. The minimum atomic E-state index is -3.71. The summed E-state index contributed by atoms with van der Waals surface area (Å²) in [6.07, 6.45) is 1.46.